The van der Waals surface area contributed by atoms with Crippen molar-refractivity contribution in [2.24, 2.45) is 0 Å². The molecule has 0 aromatic heterocycles. The minimum atomic E-state index is -3.10. The van der Waals surface area contributed by atoms with Crippen molar-refractivity contribution in [3.63, 3.8) is 0 Å². The van der Waals surface area contributed by atoms with Gasteiger partial charge in [-0.1, -0.05) is 24.3 Å². The van der Waals surface area contributed by atoms with Gasteiger partial charge in [-0.05, 0) is 24.6 Å². The Labute approximate surface area is 118 Å². The first-order chi connectivity index (χ1) is 9.26. The number of carbonyl (C=O) groups is 1. The number of sulfone groups is 1. The van der Waals surface area contributed by atoms with Crippen LogP contribution < -0.4 is 5.32 Å². The first-order valence-corrected chi connectivity index (χ1v) is 8.21. The van der Waals surface area contributed by atoms with Crippen LogP contribution in [0.1, 0.15) is 18.9 Å². The van der Waals surface area contributed by atoms with Gasteiger partial charge in [0.05, 0.1) is 5.75 Å². The third-order valence-corrected chi connectivity index (χ3v) is 3.55. The van der Waals surface area contributed by atoms with Gasteiger partial charge in [-0.3, -0.25) is 4.79 Å². The van der Waals surface area contributed by atoms with Crippen molar-refractivity contribution in [1.82, 2.24) is 5.32 Å². The molecule has 0 radical (unpaired) electrons. The maximum Gasteiger partial charge on any atom is 0.224 e. The molecule has 0 aliphatic heterocycles. The van der Waals surface area contributed by atoms with Crippen molar-refractivity contribution >= 4 is 21.8 Å². The van der Waals surface area contributed by atoms with E-state index in [1.807, 2.05) is 0 Å². The summed E-state index contributed by atoms with van der Waals surface area (Å²) in [4.78, 5) is 11.6. The highest BCUT2D eigenvalue weighted by Gasteiger charge is 2.12. The third-order valence-electron chi connectivity index (χ3n) is 2.44. The van der Waals surface area contributed by atoms with E-state index in [1.165, 1.54) is 12.1 Å². The van der Waals surface area contributed by atoms with E-state index in [0.29, 0.717) is 0 Å². The Morgan fingerprint density at radius 1 is 1.35 bits per heavy atom. The number of nitrogens with one attached hydrogen (secondary N) is 1. The van der Waals surface area contributed by atoms with Crippen LogP contribution in [0.3, 0.4) is 0 Å². The maximum atomic E-state index is 12.7. The second-order valence-corrected chi connectivity index (χ2v) is 6.90. The molecule has 6 heteroatoms. The highest BCUT2D eigenvalue weighted by Crippen LogP contribution is 2.05. The zero-order chi connectivity index (χ0) is 15.2. The topological polar surface area (TPSA) is 63.2 Å². The summed E-state index contributed by atoms with van der Waals surface area (Å²) in [6.07, 6.45) is 4.63. The van der Waals surface area contributed by atoms with E-state index in [-0.39, 0.29) is 23.9 Å². The number of hydrogen-bond donors (Lipinski definition) is 1. The lowest BCUT2D eigenvalue weighted by molar-refractivity contribution is -0.120. The third kappa shape index (κ3) is 7.04. The Kier molecular flexibility index (Phi) is 5.88. The van der Waals surface area contributed by atoms with Crippen molar-refractivity contribution in [1.29, 1.82) is 0 Å². The maximum absolute atomic E-state index is 12.7. The molecule has 0 fully saturated rings. The van der Waals surface area contributed by atoms with E-state index in [2.05, 4.69) is 5.32 Å². The molecule has 1 amide bonds. The fourth-order valence-corrected chi connectivity index (χ4v) is 2.70. The summed E-state index contributed by atoms with van der Waals surface area (Å²) in [6, 6.07) is 5.48. The van der Waals surface area contributed by atoms with E-state index in [0.717, 1.165) is 11.8 Å². The van der Waals surface area contributed by atoms with Crippen LogP contribution in [0.4, 0.5) is 4.39 Å². The quantitative estimate of drug-likeness (QED) is 0.871. The van der Waals surface area contributed by atoms with Crippen LogP contribution in [-0.2, 0) is 14.6 Å². The standard InChI is InChI=1S/C14H18FNO3S/c1-11(10-20(2,18)19)16-14(17)5-3-4-12-6-8-13(15)9-7-12/h3-4,6-9,11H,5,10H2,1-2H3,(H,16,17)/b4-3-/t11-/m1/s1. The summed E-state index contributed by atoms with van der Waals surface area (Å²) in [5.74, 6) is -0.644. The van der Waals surface area contributed by atoms with Gasteiger partial charge in [0, 0.05) is 18.7 Å². The van der Waals surface area contributed by atoms with Crippen molar-refractivity contribution in [3.05, 3.63) is 41.7 Å². The van der Waals surface area contributed by atoms with Gasteiger partial charge in [0.2, 0.25) is 5.91 Å². The lowest BCUT2D eigenvalue weighted by atomic mass is 10.2. The smallest absolute Gasteiger partial charge is 0.224 e. The minimum Gasteiger partial charge on any atom is -0.352 e. The van der Waals surface area contributed by atoms with Gasteiger partial charge < -0.3 is 5.32 Å². The van der Waals surface area contributed by atoms with Crippen LogP contribution in [0.25, 0.3) is 6.08 Å². The Balaban J connectivity index is 2.41. The lowest BCUT2D eigenvalue weighted by Crippen LogP contribution is -2.36. The summed E-state index contributed by atoms with van der Waals surface area (Å²) in [5, 5.41) is 2.60. The number of benzene rings is 1. The van der Waals surface area contributed by atoms with Crippen LogP contribution in [0.15, 0.2) is 30.3 Å². The first kappa shape index (κ1) is 16.4. The van der Waals surface area contributed by atoms with E-state index in [9.17, 15) is 17.6 Å². The monoisotopic (exact) mass is 299 g/mol. The van der Waals surface area contributed by atoms with Gasteiger partial charge >= 0.3 is 0 Å². The number of amides is 1. The number of carbonyl (C=O) groups excluding carboxylic acids is 1. The molecule has 1 aromatic rings. The zero-order valence-corrected chi connectivity index (χ0v) is 12.3. The predicted octanol–water partition coefficient (Wildman–Crippen LogP) is 1.78. The second kappa shape index (κ2) is 7.19. The second-order valence-electron chi connectivity index (χ2n) is 4.72. The highest BCUT2D eigenvalue weighted by atomic mass is 32.2. The van der Waals surface area contributed by atoms with Gasteiger partial charge in [0.25, 0.3) is 0 Å². The van der Waals surface area contributed by atoms with Gasteiger partial charge in [-0.2, -0.15) is 0 Å². The molecule has 0 spiro atoms. The van der Waals surface area contributed by atoms with E-state index < -0.39 is 15.9 Å². The van der Waals surface area contributed by atoms with Crippen molar-refractivity contribution in [3.8, 4) is 0 Å². The van der Waals surface area contributed by atoms with Crippen LogP contribution in [0.2, 0.25) is 0 Å². The molecule has 4 nitrogen and oxygen atoms in total. The number of rotatable bonds is 6. The lowest BCUT2D eigenvalue weighted by Gasteiger charge is -2.11. The predicted molar refractivity (Wildman–Crippen MR) is 77.4 cm³/mol. The molecule has 20 heavy (non-hydrogen) atoms. The summed E-state index contributed by atoms with van der Waals surface area (Å²) in [5.41, 5.74) is 0.795. The van der Waals surface area contributed by atoms with Crippen molar-refractivity contribution in [2.75, 3.05) is 12.0 Å². The Bertz CT molecular complexity index is 579. The zero-order valence-electron chi connectivity index (χ0n) is 11.5. The first-order valence-electron chi connectivity index (χ1n) is 6.15. The molecule has 0 bridgehead atoms. The fraction of sp³-hybridized carbons (Fsp3) is 0.357. The van der Waals surface area contributed by atoms with Gasteiger partial charge in [-0.15, -0.1) is 0 Å². The summed E-state index contributed by atoms with van der Waals surface area (Å²) in [7, 11) is -3.10. The Hall–Kier alpha value is -1.69. The Morgan fingerprint density at radius 3 is 2.50 bits per heavy atom. The molecule has 1 atom stereocenters. The van der Waals surface area contributed by atoms with Crippen LogP contribution in [0.5, 0.6) is 0 Å². The van der Waals surface area contributed by atoms with Crippen molar-refractivity contribution < 1.29 is 17.6 Å². The van der Waals surface area contributed by atoms with Crippen LogP contribution in [-0.4, -0.2) is 32.4 Å². The van der Waals surface area contributed by atoms with Gasteiger partial charge in [0.15, 0.2) is 0 Å². The molecule has 0 unspecified atom stereocenters. The molecule has 0 saturated carbocycles. The molecule has 1 N–H and O–H groups in total. The van der Waals surface area contributed by atoms with Crippen LogP contribution in [0, 0.1) is 5.82 Å². The molecular weight excluding hydrogens is 281 g/mol. The minimum absolute atomic E-state index is 0.0829. The average Bonchev–Trinajstić information content (AvgIpc) is 2.29. The molecule has 0 aliphatic rings. The van der Waals surface area contributed by atoms with E-state index in [4.69, 9.17) is 0 Å². The summed E-state index contributed by atoms with van der Waals surface area (Å²) >= 11 is 0. The molecule has 0 saturated heterocycles. The van der Waals surface area contributed by atoms with Crippen LogP contribution >= 0.6 is 0 Å². The van der Waals surface area contributed by atoms with Gasteiger partial charge in [-0.25, -0.2) is 12.8 Å². The average molecular weight is 299 g/mol. The fourth-order valence-electron chi connectivity index (χ4n) is 1.71. The molecule has 0 heterocycles. The number of halogens is 1. The molecule has 1 rings (SSSR count). The van der Waals surface area contributed by atoms with E-state index in [1.54, 1.807) is 31.2 Å². The van der Waals surface area contributed by atoms with Gasteiger partial charge in [0.1, 0.15) is 15.7 Å². The SMILES string of the molecule is C[C@H](CS(C)(=O)=O)NC(=O)C/C=C\c1ccc(F)cc1. The molecule has 0 aliphatic carbocycles. The Morgan fingerprint density at radius 2 is 1.95 bits per heavy atom. The van der Waals surface area contributed by atoms with E-state index >= 15 is 0 Å². The van der Waals surface area contributed by atoms with Crippen molar-refractivity contribution in [2.45, 2.75) is 19.4 Å². The number of hydrogen-bond acceptors (Lipinski definition) is 3. The molecule has 110 valence electrons. The molecular formula is C14H18FNO3S. The molecule has 1 aromatic carbocycles. The summed E-state index contributed by atoms with van der Waals surface area (Å²) < 4.78 is 34.8. The normalized spacial score (nSPS) is 13.3. The highest BCUT2D eigenvalue weighted by molar-refractivity contribution is 7.90. The largest absolute Gasteiger partial charge is 0.352 e. The summed E-state index contributed by atoms with van der Waals surface area (Å²) in [6.45, 7) is 1.64.